The van der Waals surface area contributed by atoms with Crippen molar-refractivity contribution in [2.75, 3.05) is 0 Å². The molecule has 1 heterocycles. The number of amides is 1. The second-order valence-corrected chi connectivity index (χ2v) is 5.88. The van der Waals surface area contributed by atoms with E-state index in [1.54, 1.807) is 6.20 Å². The first-order valence-corrected chi connectivity index (χ1v) is 8.14. The minimum Gasteiger partial charge on any atom is -0.348 e. The van der Waals surface area contributed by atoms with Crippen LogP contribution in [0.4, 0.5) is 0 Å². The van der Waals surface area contributed by atoms with Crippen molar-refractivity contribution < 1.29 is 4.79 Å². The van der Waals surface area contributed by atoms with Crippen molar-refractivity contribution in [2.24, 2.45) is 0 Å². The number of rotatable bonds is 5. The van der Waals surface area contributed by atoms with Crippen LogP contribution in [0.2, 0.25) is 0 Å². The second kappa shape index (κ2) is 7.13. The van der Waals surface area contributed by atoms with Gasteiger partial charge in [-0.05, 0) is 24.5 Å². The van der Waals surface area contributed by atoms with E-state index in [2.05, 4.69) is 46.7 Å². The Kier molecular flexibility index (Phi) is 4.75. The van der Waals surface area contributed by atoms with E-state index in [-0.39, 0.29) is 5.91 Å². The number of benzene rings is 2. The summed E-state index contributed by atoms with van der Waals surface area (Å²) in [7, 11) is 0. The Morgan fingerprint density at radius 2 is 1.71 bits per heavy atom. The molecule has 0 fully saturated rings. The van der Waals surface area contributed by atoms with Crippen molar-refractivity contribution in [3.63, 3.8) is 0 Å². The molecule has 0 spiro atoms. The molecule has 0 saturated carbocycles. The first kappa shape index (κ1) is 16.0. The van der Waals surface area contributed by atoms with Crippen LogP contribution in [0.3, 0.4) is 0 Å². The van der Waals surface area contributed by atoms with E-state index in [4.69, 9.17) is 0 Å². The third kappa shape index (κ3) is 3.54. The summed E-state index contributed by atoms with van der Waals surface area (Å²) < 4.78 is 0. The van der Waals surface area contributed by atoms with Gasteiger partial charge in [-0.1, -0.05) is 61.0 Å². The van der Waals surface area contributed by atoms with Crippen LogP contribution in [-0.2, 0) is 13.0 Å². The van der Waals surface area contributed by atoms with Gasteiger partial charge in [0.25, 0.3) is 5.91 Å². The molecule has 3 aromatic rings. The van der Waals surface area contributed by atoms with Crippen LogP contribution in [0.5, 0.6) is 0 Å². The van der Waals surface area contributed by atoms with Crippen molar-refractivity contribution in [1.82, 2.24) is 15.5 Å². The number of aromatic nitrogens is 2. The summed E-state index contributed by atoms with van der Waals surface area (Å²) in [6.07, 6.45) is 2.59. The number of aromatic amines is 1. The van der Waals surface area contributed by atoms with Crippen LogP contribution in [0, 0.1) is 6.92 Å². The normalized spacial score (nSPS) is 10.6. The van der Waals surface area contributed by atoms with Gasteiger partial charge in [-0.15, -0.1) is 0 Å². The van der Waals surface area contributed by atoms with Crippen LogP contribution in [0.1, 0.15) is 34.0 Å². The molecule has 0 saturated heterocycles. The van der Waals surface area contributed by atoms with Crippen molar-refractivity contribution in [1.29, 1.82) is 0 Å². The van der Waals surface area contributed by atoms with Gasteiger partial charge in [0.2, 0.25) is 0 Å². The molecule has 2 aromatic carbocycles. The summed E-state index contributed by atoms with van der Waals surface area (Å²) >= 11 is 0. The third-order valence-corrected chi connectivity index (χ3v) is 4.11. The summed E-state index contributed by atoms with van der Waals surface area (Å²) in [5, 5.41) is 9.92. The maximum Gasteiger partial charge on any atom is 0.255 e. The highest BCUT2D eigenvalue weighted by Gasteiger charge is 2.14. The predicted octanol–water partition coefficient (Wildman–Crippen LogP) is 3.88. The van der Waals surface area contributed by atoms with Crippen LogP contribution in [0.25, 0.3) is 11.3 Å². The molecule has 24 heavy (non-hydrogen) atoms. The van der Waals surface area contributed by atoms with E-state index in [0.29, 0.717) is 12.1 Å². The zero-order valence-electron chi connectivity index (χ0n) is 14.0. The summed E-state index contributed by atoms with van der Waals surface area (Å²) in [6.45, 7) is 4.66. The fourth-order valence-electron chi connectivity index (χ4n) is 2.57. The number of H-pyrrole nitrogens is 1. The monoisotopic (exact) mass is 319 g/mol. The number of hydrogen-bond donors (Lipinski definition) is 2. The zero-order valence-corrected chi connectivity index (χ0v) is 14.0. The van der Waals surface area contributed by atoms with Gasteiger partial charge in [-0.3, -0.25) is 9.89 Å². The number of nitrogens with one attached hydrogen (secondary N) is 2. The van der Waals surface area contributed by atoms with Gasteiger partial charge in [-0.2, -0.15) is 5.10 Å². The molecule has 3 rings (SSSR count). The first-order chi connectivity index (χ1) is 11.7. The van der Waals surface area contributed by atoms with Gasteiger partial charge >= 0.3 is 0 Å². The van der Waals surface area contributed by atoms with Crippen molar-refractivity contribution in [2.45, 2.75) is 26.8 Å². The zero-order chi connectivity index (χ0) is 16.9. The molecule has 0 unspecified atom stereocenters. The quantitative estimate of drug-likeness (QED) is 0.750. The lowest BCUT2D eigenvalue weighted by atomic mass is 10.1. The molecule has 4 heteroatoms. The van der Waals surface area contributed by atoms with Gasteiger partial charge in [0.1, 0.15) is 0 Å². The lowest BCUT2D eigenvalue weighted by Crippen LogP contribution is -2.23. The number of carbonyl (C=O) groups is 1. The van der Waals surface area contributed by atoms with Gasteiger partial charge in [0.05, 0.1) is 17.5 Å². The Balaban J connectivity index is 1.71. The fraction of sp³-hybridized carbons (Fsp3) is 0.200. The average Bonchev–Trinajstić information content (AvgIpc) is 3.10. The van der Waals surface area contributed by atoms with Gasteiger partial charge in [0.15, 0.2) is 0 Å². The molecule has 2 N–H and O–H groups in total. The molecule has 1 amide bonds. The first-order valence-electron chi connectivity index (χ1n) is 8.14. The molecule has 1 aromatic heterocycles. The van der Waals surface area contributed by atoms with E-state index in [0.717, 1.165) is 23.2 Å². The SMILES string of the molecule is CCc1ccc(CNC(=O)c2cn[nH]c2-c2ccc(C)cc2)cc1. The molecular weight excluding hydrogens is 298 g/mol. The Hall–Kier alpha value is -2.88. The summed E-state index contributed by atoms with van der Waals surface area (Å²) in [4.78, 5) is 12.5. The highest BCUT2D eigenvalue weighted by atomic mass is 16.1. The molecule has 122 valence electrons. The van der Waals surface area contributed by atoms with Crippen molar-refractivity contribution in [3.8, 4) is 11.3 Å². The molecule has 0 aliphatic rings. The molecule has 0 aliphatic heterocycles. The Morgan fingerprint density at radius 3 is 2.38 bits per heavy atom. The van der Waals surface area contributed by atoms with Crippen LogP contribution < -0.4 is 5.32 Å². The standard InChI is InChI=1S/C20H21N3O/c1-3-15-6-8-16(9-7-15)12-21-20(24)18-13-22-23-19(18)17-10-4-14(2)5-11-17/h4-11,13H,3,12H2,1-2H3,(H,21,24)(H,22,23). The third-order valence-electron chi connectivity index (χ3n) is 4.11. The van der Waals surface area contributed by atoms with E-state index in [9.17, 15) is 4.79 Å². The maximum absolute atomic E-state index is 12.5. The highest BCUT2D eigenvalue weighted by Crippen LogP contribution is 2.21. The van der Waals surface area contributed by atoms with Crippen LogP contribution >= 0.6 is 0 Å². The summed E-state index contributed by atoms with van der Waals surface area (Å²) in [6, 6.07) is 16.3. The van der Waals surface area contributed by atoms with Crippen molar-refractivity contribution >= 4 is 5.91 Å². The topological polar surface area (TPSA) is 57.8 Å². The van der Waals surface area contributed by atoms with Crippen molar-refractivity contribution in [3.05, 3.63) is 77.0 Å². The number of aryl methyl sites for hydroxylation is 2. The molecule has 0 radical (unpaired) electrons. The van der Waals surface area contributed by atoms with E-state index >= 15 is 0 Å². The smallest absolute Gasteiger partial charge is 0.255 e. The molecule has 0 aliphatic carbocycles. The second-order valence-electron chi connectivity index (χ2n) is 5.88. The Bertz CT molecular complexity index is 817. The summed E-state index contributed by atoms with van der Waals surface area (Å²) in [5.74, 6) is -0.126. The largest absolute Gasteiger partial charge is 0.348 e. The van der Waals surface area contributed by atoms with Gasteiger partial charge in [-0.25, -0.2) is 0 Å². The summed E-state index contributed by atoms with van der Waals surface area (Å²) in [5.41, 5.74) is 5.82. The van der Waals surface area contributed by atoms with Crippen LogP contribution in [0.15, 0.2) is 54.7 Å². The van der Waals surface area contributed by atoms with Gasteiger partial charge in [0, 0.05) is 12.1 Å². The lowest BCUT2D eigenvalue weighted by Gasteiger charge is -2.07. The van der Waals surface area contributed by atoms with E-state index in [1.807, 2.05) is 31.2 Å². The van der Waals surface area contributed by atoms with E-state index in [1.165, 1.54) is 11.1 Å². The molecule has 4 nitrogen and oxygen atoms in total. The number of nitrogens with zero attached hydrogens (tertiary/aromatic N) is 1. The minimum atomic E-state index is -0.126. The Labute approximate surface area is 141 Å². The predicted molar refractivity (Wildman–Crippen MR) is 95.8 cm³/mol. The number of hydrogen-bond acceptors (Lipinski definition) is 2. The molecule has 0 atom stereocenters. The molecule has 0 bridgehead atoms. The van der Waals surface area contributed by atoms with Crippen LogP contribution in [-0.4, -0.2) is 16.1 Å². The average molecular weight is 319 g/mol. The lowest BCUT2D eigenvalue weighted by molar-refractivity contribution is 0.0951. The highest BCUT2D eigenvalue weighted by molar-refractivity contribution is 5.99. The van der Waals surface area contributed by atoms with Gasteiger partial charge < -0.3 is 5.32 Å². The Morgan fingerprint density at radius 1 is 1.04 bits per heavy atom. The molecular formula is C20H21N3O. The van der Waals surface area contributed by atoms with E-state index < -0.39 is 0 Å². The minimum absolute atomic E-state index is 0.126. The maximum atomic E-state index is 12.5. The fourth-order valence-corrected chi connectivity index (χ4v) is 2.57. The number of carbonyl (C=O) groups excluding carboxylic acids is 1.